The molecule has 0 radical (unpaired) electrons. The van der Waals surface area contributed by atoms with Crippen LogP contribution >= 0.6 is 0 Å². The van der Waals surface area contributed by atoms with Crippen molar-refractivity contribution in [1.82, 2.24) is 4.31 Å². The topological polar surface area (TPSA) is 63.9 Å². The molecule has 0 spiro atoms. The van der Waals surface area contributed by atoms with Gasteiger partial charge in [-0.25, -0.2) is 9.48 Å². The monoisotopic (exact) mass is 540 g/mol. The average molecular weight is 541 g/mol. The normalized spacial score (nSPS) is 19.1. The second kappa shape index (κ2) is 11.1. The summed E-state index contributed by atoms with van der Waals surface area (Å²) in [6.07, 6.45) is 2.13. The molecule has 6 nitrogen and oxygen atoms in total. The number of benzene rings is 4. The summed E-state index contributed by atoms with van der Waals surface area (Å²) in [7, 11) is -3.00. The number of nitrogens with zero attached hydrogens (tertiary/aromatic N) is 3. The fourth-order valence-corrected chi connectivity index (χ4v) is 6.20. The van der Waals surface area contributed by atoms with Gasteiger partial charge in [0.25, 0.3) is 0 Å². The van der Waals surface area contributed by atoms with E-state index >= 15 is 0 Å². The van der Waals surface area contributed by atoms with Crippen LogP contribution in [0.2, 0.25) is 0 Å². The van der Waals surface area contributed by atoms with Crippen LogP contribution in [0.3, 0.4) is 0 Å². The van der Waals surface area contributed by atoms with Gasteiger partial charge < -0.3 is 0 Å². The second-order valence-corrected chi connectivity index (χ2v) is 11.5. The minimum absolute atomic E-state index is 0.0934. The largest absolute Gasteiger partial charge is 0.336 e. The first kappa shape index (κ1) is 26.8. The number of hydrogen-bond acceptors (Lipinski definition) is 3. The molecule has 1 heterocycles. The molecule has 5 rings (SSSR count). The Kier molecular flexibility index (Phi) is 7.66. The van der Waals surface area contributed by atoms with Crippen molar-refractivity contribution >= 4 is 22.3 Å². The molecule has 7 heteroatoms. The smallest absolute Gasteiger partial charge is 0.273 e. The average Bonchev–Trinajstić information content (AvgIpc) is 3.33. The molecule has 4 atom stereocenters. The van der Waals surface area contributed by atoms with Gasteiger partial charge in [0.05, 0.1) is 6.04 Å². The van der Waals surface area contributed by atoms with Crippen LogP contribution in [0.15, 0.2) is 115 Å². The summed E-state index contributed by atoms with van der Waals surface area (Å²) < 4.78 is 38.0. The molecule has 0 aliphatic carbocycles. The van der Waals surface area contributed by atoms with Gasteiger partial charge in [-0.2, -0.15) is 12.7 Å². The fraction of sp³-hybridized carbons (Fsp3) is 0.219. The minimum Gasteiger partial charge on any atom is -0.273 e. The van der Waals surface area contributed by atoms with Crippen molar-refractivity contribution in [3.8, 4) is 0 Å². The van der Waals surface area contributed by atoms with Crippen molar-refractivity contribution in [3.63, 3.8) is 0 Å². The molecule has 1 aliphatic rings. The Bertz CT molecular complexity index is 1540. The molecule has 1 aliphatic heterocycles. The lowest BCUT2D eigenvalue weighted by Crippen LogP contribution is -2.43. The zero-order valence-electron chi connectivity index (χ0n) is 22.4. The van der Waals surface area contributed by atoms with Crippen LogP contribution in [-0.2, 0) is 10.3 Å². The highest BCUT2D eigenvalue weighted by Gasteiger charge is 2.49. The Balaban J connectivity index is 1.78. The molecule has 0 aromatic heterocycles. The van der Waals surface area contributed by atoms with Crippen molar-refractivity contribution in [3.05, 3.63) is 138 Å². The summed E-state index contributed by atoms with van der Waals surface area (Å²) in [4.78, 5) is 2.30. The molecule has 0 fully saturated rings. The molecular formula is C32H34N3O3S+. The van der Waals surface area contributed by atoms with E-state index in [2.05, 4.69) is 71.3 Å². The van der Waals surface area contributed by atoms with Gasteiger partial charge in [-0.15, -0.1) is 0 Å². The Morgan fingerprint density at radius 3 is 1.87 bits per heavy atom. The Hall–Kier alpha value is -3.78. The van der Waals surface area contributed by atoms with Gasteiger partial charge in [0.1, 0.15) is 11.7 Å². The van der Waals surface area contributed by atoms with Crippen molar-refractivity contribution in [1.29, 1.82) is 0 Å². The van der Waals surface area contributed by atoms with Crippen molar-refractivity contribution < 1.29 is 17.5 Å². The number of likely N-dealkylation sites (N-methyl/N-ethyl adjacent to an activating group) is 1. The fourth-order valence-electron chi connectivity index (χ4n) is 5.67. The zero-order chi connectivity index (χ0) is 27.6. The first-order chi connectivity index (χ1) is 18.8. The maximum atomic E-state index is 12.3. The zero-order valence-corrected chi connectivity index (χ0v) is 23.2. The van der Waals surface area contributed by atoms with E-state index in [-0.39, 0.29) is 12.1 Å². The molecule has 4 aromatic rings. The Morgan fingerprint density at radius 2 is 1.31 bits per heavy atom. The first-order valence-corrected chi connectivity index (χ1v) is 14.5. The summed E-state index contributed by atoms with van der Waals surface area (Å²) in [5.41, 5.74) is 5.44. The molecule has 0 saturated heterocycles. The summed E-state index contributed by atoms with van der Waals surface area (Å²) in [6, 6.07) is 37.7. The number of rotatable bonds is 8. The summed E-state index contributed by atoms with van der Waals surface area (Å²) in [5.74, 6) is 0. The lowest BCUT2D eigenvalue weighted by molar-refractivity contribution is -0.610. The van der Waals surface area contributed by atoms with Crippen molar-refractivity contribution in [2.24, 2.45) is 0 Å². The molecule has 0 saturated carbocycles. The molecule has 0 bridgehead atoms. The lowest BCUT2D eigenvalue weighted by atomic mass is 9.90. The lowest BCUT2D eigenvalue weighted by Gasteiger charge is -2.32. The SMILES string of the molecule is Cc1ccccc1N1C=[N+]([C@@H](c2ccccc2)[C@@H](C)N(C)S(=O)(=O)O)[C@H](c2ccccc2)[C@H]1c1ccccc1. The third-order valence-electron chi connectivity index (χ3n) is 7.71. The van der Waals surface area contributed by atoms with Gasteiger partial charge in [-0.05, 0) is 31.0 Å². The third-order valence-corrected chi connectivity index (χ3v) is 8.77. The van der Waals surface area contributed by atoms with E-state index in [0.717, 1.165) is 32.2 Å². The molecule has 0 amide bonds. The standard InChI is InChI=1S/C32H33N3O3S/c1-24-15-13-14-22-29(24)34-23-35(30(26-16-7-4-8-17-26)25(2)33(3)39(36,37)38)32(28-20-11-6-12-21-28)31(34)27-18-9-5-10-19-27/h4-23,25,30-32H,1-3H3/p+1/t25-,30-,31-,32-/m1/s1. The van der Waals surface area contributed by atoms with E-state index in [1.165, 1.54) is 7.05 Å². The number of hydrogen-bond donors (Lipinski definition) is 1. The van der Waals surface area contributed by atoms with E-state index in [1.54, 1.807) is 0 Å². The summed E-state index contributed by atoms with van der Waals surface area (Å²) in [5, 5.41) is 0. The number of anilines is 1. The van der Waals surface area contributed by atoms with Crippen LogP contribution in [0, 0.1) is 6.92 Å². The highest BCUT2D eigenvalue weighted by Crippen LogP contribution is 2.46. The third kappa shape index (κ3) is 5.39. The van der Waals surface area contributed by atoms with Crippen LogP contribution < -0.4 is 4.90 Å². The van der Waals surface area contributed by atoms with Gasteiger partial charge in [0.2, 0.25) is 6.34 Å². The molecular weight excluding hydrogens is 506 g/mol. The van der Waals surface area contributed by atoms with Gasteiger partial charge in [-0.3, -0.25) is 4.55 Å². The van der Waals surface area contributed by atoms with E-state index < -0.39 is 22.4 Å². The van der Waals surface area contributed by atoms with Crippen molar-refractivity contribution in [2.45, 2.75) is 38.0 Å². The molecule has 1 N–H and O–H groups in total. The minimum atomic E-state index is -4.43. The van der Waals surface area contributed by atoms with Crippen LogP contribution in [-0.4, -0.2) is 41.3 Å². The molecule has 39 heavy (non-hydrogen) atoms. The summed E-state index contributed by atoms with van der Waals surface area (Å²) >= 11 is 0. The van der Waals surface area contributed by atoms with Crippen LogP contribution in [0.4, 0.5) is 5.69 Å². The maximum Gasteiger partial charge on any atom is 0.336 e. The van der Waals surface area contributed by atoms with Gasteiger partial charge in [0.15, 0.2) is 12.1 Å². The van der Waals surface area contributed by atoms with Gasteiger partial charge in [0, 0.05) is 18.2 Å². The van der Waals surface area contributed by atoms with E-state index in [9.17, 15) is 13.0 Å². The van der Waals surface area contributed by atoms with E-state index in [4.69, 9.17) is 0 Å². The van der Waals surface area contributed by atoms with E-state index in [1.807, 2.05) is 73.7 Å². The number of aryl methyl sites for hydroxylation is 1. The van der Waals surface area contributed by atoms with Crippen LogP contribution in [0.1, 0.15) is 47.3 Å². The molecule has 0 unspecified atom stereocenters. The highest BCUT2D eigenvalue weighted by molar-refractivity contribution is 7.83. The van der Waals surface area contributed by atoms with Crippen molar-refractivity contribution in [2.75, 3.05) is 11.9 Å². The van der Waals surface area contributed by atoms with E-state index in [0.29, 0.717) is 0 Å². The van der Waals surface area contributed by atoms with Gasteiger partial charge in [-0.1, -0.05) is 109 Å². The summed E-state index contributed by atoms with van der Waals surface area (Å²) in [6.45, 7) is 3.95. The predicted molar refractivity (Wildman–Crippen MR) is 156 cm³/mol. The first-order valence-electron chi connectivity index (χ1n) is 13.1. The number of para-hydroxylation sites is 1. The molecule has 200 valence electrons. The Labute approximate surface area is 231 Å². The van der Waals surface area contributed by atoms with Crippen LogP contribution in [0.25, 0.3) is 0 Å². The molecule has 4 aromatic carbocycles. The quantitative estimate of drug-likeness (QED) is 0.213. The Morgan fingerprint density at radius 1 is 0.795 bits per heavy atom. The van der Waals surface area contributed by atoms with Gasteiger partial charge >= 0.3 is 10.3 Å². The van der Waals surface area contributed by atoms with Crippen LogP contribution in [0.5, 0.6) is 0 Å². The maximum absolute atomic E-state index is 12.3. The second-order valence-electron chi connectivity index (χ2n) is 10.1. The predicted octanol–water partition coefficient (Wildman–Crippen LogP) is 6.20. The highest BCUT2D eigenvalue weighted by atomic mass is 32.2.